The normalized spacial score (nSPS) is 22.9. The van der Waals surface area contributed by atoms with Gasteiger partial charge in [-0.1, -0.05) is 59.3 Å². The molecule has 0 bridgehead atoms. The third-order valence-electron chi connectivity index (χ3n) is 3.96. The van der Waals surface area contributed by atoms with Crippen LogP contribution >= 0.6 is 9.24 Å². The monoisotopic (exact) mass is 579 g/mol. The molecule has 21 heavy (non-hydrogen) atoms. The summed E-state index contributed by atoms with van der Waals surface area (Å²) in [7, 11) is 3.83. The van der Waals surface area contributed by atoms with E-state index >= 15 is 0 Å². The van der Waals surface area contributed by atoms with Gasteiger partial charge in [-0.05, 0) is 30.2 Å². The SMILES string of the molecule is C.C#C.CCCC1CCCC1P.F[B]C1CCCC1.[Fe].[U]. The van der Waals surface area contributed by atoms with Crippen molar-refractivity contribution in [3.8, 4) is 12.8 Å². The number of rotatable bonds is 3. The third kappa shape index (κ3) is 14.9. The average Bonchev–Trinajstić information content (AvgIpc) is 3.05. The van der Waals surface area contributed by atoms with E-state index in [1.807, 2.05) is 0 Å². The molecule has 0 aromatic carbocycles. The summed E-state index contributed by atoms with van der Waals surface area (Å²) in [6, 6.07) is 0. The average molecular weight is 579 g/mol. The molecule has 5 heteroatoms. The van der Waals surface area contributed by atoms with E-state index in [4.69, 9.17) is 0 Å². The summed E-state index contributed by atoms with van der Waals surface area (Å²) in [5, 5.41) is 0. The second-order valence-electron chi connectivity index (χ2n) is 5.31. The Morgan fingerprint density at radius 1 is 1.10 bits per heavy atom. The first-order chi connectivity index (χ1) is 8.77. The van der Waals surface area contributed by atoms with Crippen molar-refractivity contribution in [1.29, 1.82) is 0 Å². The van der Waals surface area contributed by atoms with Gasteiger partial charge in [-0.15, -0.1) is 22.1 Å². The van der Waals surface area contributed by atoms with Gasteiger partial charge in [-0.3, -0.25) is 0 Å². The molecule has 3 unspecified atom stereocenters. The van der Waals surface area contributed by atoms with Crippen molar-refractivity contribution in [2.45, 2.75) is 83.6 Å². The molecule has 123 valence electrons. The minimum absolute atomic E-state index is 0. The van der Waals surface area contributed by atoms with Crippen molar-refractivity contribution in [3.63, 3.8) is 0 Å². The van der Waals surface area contributed by atoms with Crippen LogP contribution in [0.1, 0.15) is 72.1 Å². The first-order valence-electron chi connectivity index (χ1n) is 7.30. The number of terminal acetylenes is 1. The van der Waals surface area contributed by atoms with Gasteiger partial charge in [-0.2, -0.15) is 0 Å². The summed E-state index contributed by atoms with van der Waals surface area (Å²) in [6.07, 6.45) is 19.9. The van der Waals surface area contributed by atoms with Gasteiger partial charge in [0, 0.05) is 48.2 Å². The Hall–Kier alpha value is 1.56. The van der Waals surface area contributed by atoms with E-state index in [0.29, 0.717) is 5.82 Å². The molecule has 0 nitrogen and oxygen atoms in total. The molecule has 0 heterocycles. The molecule has 0 aromatic rings. The summed E-state index contributed by atoms with van der Waals surface area (Å²) >= 11 is 0. The second-order valence-corrected chi connectivity index (χ2v) is 6.17. The van der Waals surface area contributed by atoms with Crippen molar-refractivity contribution in [2.75, 3.05) is 0 Å². The summed E-state index contributed by atoms with van der Waals surface area (Å²) in [5.74, 6) is 1.35. The van der Waals surface area contributed by atoms with Gasteiger partial charge in [0.2, 0.25) is 0 Å². The van der Waals surface area contributed by atoms with Gasteiger partial charge in [0.1, 0.15) is 0 Å². The zero-order chi connectivity index (χ0) is 13.8. The van der Waals surface area contributed by atoms with Crippen LogP contribution in [0.25, 0.3) is 0 Å². The maximum absolute atomic E-state index is 11.6. The van der Waals surface area contributed by atoms with E-state index in [0.717, 1.165) is 32.0 Å². The third-order valence-corrected chi connectivity index (χ3v) is 4.83. The van der Waals surface area contributed by atoms with Crippen LogP contribution in [0.5, 0.6) is 0 Å². The molecule has 2 saturated carbocycles. The molecule has 0 N–H and O–H groups in total. The predicted octanol–water partition coefficient (Wildman–Crippen LogP) is 5.65. The van der Waals surface area contributed by atoms with Crippen LogP contribution in [0.4, 0.5) is 4.32 Å². The van der Waals surface area contributed by atoms with Gasteiger partial charge < -0.3 is 4.32 Å². The molecule has 0 spiro atoms. The van der Waals surface area contributed by atoms with Crippen molar-refractivity contribution in [3.05, 3.63) is 0 Å². The molecule has 2 aliphatic carbocycles. The Labute approximate surface area is 170 Å². The van der Waals surface area contributed by atoms with Crippen LogP contribution < -0.4 is 0 Å². The maximum Gasteiger partial charge on any atom is 0.357 e. The van der Waals surface area contributed by atoms with Crippen LogP contribution in [0.3, 0.4) is 0 Å². The van der Waals surface area contributed by atoms with E-state index in [-0.39, 0.29) is 55.6 Å². The van der Waals surface area contributed by atoms with Crippen LogP contribution in [0.15, 0.2) is 0 Å². The van der Waals surface area contributed by atoms with Crippen molar-refractivity contribution < 1.29 is 52.5 Å². The molecule has 2 aliphatic rings. The molecule has 0 amide bonds. The molecular formula is C16H32BFFePU. The smallest absolute Gasteiger partial charge is 0.342 e. The molecule has 2 rings (SSSR count). The Kier molecular flexibility index (Phi) is 31.2. The van der Waals surface area contributed by atoms with E-state index in [1.54, 1.807) is 0 Å². The Morgan fingerprint density at radius 3 is 1.90 bits per heavy atom. The quantitative estimate of drug-likeness (QED) is 0.231. The van der Waals surface area contributed by atoms with E-state index in [9.17, 15) is 4.32 Å². The molecule has 0 aliphatic heterocycles. The topological polar surface area (TPSA) is 0 Å². The van der Waals surface area contributed by atoms with E-state index < -0.39 is 0 Å². The number of hydrogen-bond acceptors (Lipinski definition) is 0. The first kappa shape index (κ1) is 30.4. The first-order valence-corrected chi connectivity index (χ1v) is 7.97. The molecule has 3 atom stereocenters. The molecule has 0 saturated heterocycles. The minimum Gasteiger partial charge on any atom is -0.342 e. The van der Waals surface area contributed by atoms with Crippen LogP contribution in [0.2, 0.25) is 5.82 Å². The van der Waals surface area contributed by atoms with Crippen LogP contribution in [-0.4, -0.2) is 13.2 Å². The fourth-order valence-electron chi connectivity index (χ4n) is 2.88. The Bertz CT molecular complexity index is 214. The van der Waals surface area contributed by atoms with Crippen LogP contribution in [0, 0.1) is 49.9 Å². The van der Waals surface area contributed by atoms with Gasteiger partial charge in [-0.25, -0.2) is 0 Å². The van der Waals surface area contributed by atoms with Gasteiger partial charge in [0.25, 0.3) is 0 Å². The Balaban J connectivity index is -0.000000111. The second kappa shape index (κ2) is 21.6. The fourth-order valence-corrected chi connectivity index (χ4v) is 3.50. The van der Waals surface area contributed by atoms with E-state index in [1.165, 1.54) is 44.9 Å². The predicted molar refractivity (Wildman–Crippen MR) is 91.4 cm³/mol. The summed E-state index contributed by atoms with van der Waals surface area (Å²) in [4.78, 5) is 0. The standard InChI is InChI=1S/C8H17P.C5H9BF.C2H2.CH4.Fe.U/c1-2-4-7-5-3-6-8(7)9;7-6-5-3-1-2-4-5;1-2;;;/h7-8H,2-6,9H2,1H3;5H,1-4H2;1-2H;1H4;;. The zero-order valence-electron chi connectivity index (χ0n) is 12.6. The molecular weight excluding hydrogens is 547 g/mol. The summed E-state index contributed by atoms with van der Waals surface area (Å²) in [5.41, 5.74) is 0.949. The molecule has 0 aromatic heterocycles. The van der Waals surface area contributed by atoms with Gasteiger partial charge >= 0.3 is 7.56 Å². The van der Waals surface area contributed by atoms with Crippen molar-refractivity contribution >= 4 is 16.8 Å². The summed E-state index contributed by atoms with van der Waals surface area (Å²) < 4.78 is 11.6. The molecule has 1 radical (unpaired) electrons. The fraction of sp³-hybridized carbons (Fsp3) is 0.875. The van der Waals surface area contributed by atoms with Crippen LogP contribution in [-0.2, 0) is 17.1 Å². The zero-order valence-corrected chi connectivity index (χ0v) is 19.1. The largest absolute Gasteiger partial charge is 0.357 e. The maximum atomic E-state index is 11.6. The number of halogens is 1. The minimum atomic E-state index is 0. The van der Waals surface area contributed by atoms with E-state index in [2.05, 4.69) is 29.0 Å². The Morgan fingerprint density at radius 2 is 1.62 bits per heavy atom. The van der Waals surface area contributed by atoms with Gasteiger partial charge in [0.05, 0.1) is 0 Å². The number of hydrogen-bond donors (Lipinski definition) is 0. The summed E-state index contributed by atoms with van der Waals surface area (Å²) in [6.45, 7) is 2.29. The van der Waals surface area contributed by atoms with Crippen molar-refractivity contribution in [2.24, 2.45) is 5.92 Å². The van der Waals surface area contributed by atoms with Crippen molar-refractivity contribution in [1.82, 2.24) is 0 Å². The molecule has 2 fully saturated rings. The van der Waals surface area contributed by atoms with Gasteiger partial charge in [0.15, 0.2) is 0 Å².